The van der Waals surface area contributed by atoms with Crippen LogP contribution in [-0.4, -0.2) is 27.4 Å². The molecule has 0 fully saturated rings. The number of sulfonamides is 1. The normalized spacial score (nSPS) is 14.1. The van der Waals surface area contributed by atoms with Gasteiger partial charge < -0.3 is 5.32 Å². The minimum absolute atomic E-state index is 0.0992. The Hall–Kier alpha value is -1.66. The monoisotopic (exact) mass is 336 g/mol. The number of carbonyl (C=O) groups is 1. The maximum atomic E-state index is 12.3. The van der Waals surface area contributed by atoms with Crippen LogP contribution >= 0.6 is 0 Å². The van der Waals surface area contributed by atoms with E-state index in [9.17, 15) is 13.2 Å². The molecular weight excluding hydrogens is 312 g/mol. The van der Waals surface area contributed by atoms with Crippen LogP contribution in [0.1, 0.15) is 36.8 Å². The van der Waals surface area contributed by atoms with Crippen LogP contribution in [0.25, 0.3) is 0 Å². The van der Waals surface area contributed by atoms with Crippen molar-refractivity contribution in [1.82, 2.24) is 10.0 Å². The fourth-order valence-electron chi connectivity index (χ4n) is 2.69. The number of rotatable bonds is 8. The second-order valence-corrected chi connectivity index (χ2v) is 7.50. The van der Waals surface area contributed by atoms with Gasteiger partial charge in [0.15, 0.2) is 0 Å². The predicted molar refractivity (Wildman–Crippen MR) is 90.7 cm³/mol. The number of nitrogens with one attached hydrogen (secondary N) is 2. The van der Waals surface area contributed by atoms with Gasteiger partial charge in [-0.3, -0.25) is 4.79 Å². The van der Waals surface area contributed by atoms with E-state index in [1.54, 1.807) is 18.2 Å². The third-order valence-electron chi connectivity index (χ3n) is 3.95. The van der Waals surface area contributed by atoms with Crippen molar-refractivity contribution in [2.45, 2.75) is 43.4 Å². The zero-order valence-electron chi connectivity index (χ0n) is 13.3. The van der Waals surface area contributed by atoms with Crippen molar-refractivity contribution >= 4 is 15.9 Å². The van der Waals surface area contributed by atoms with E-state index >= 15 is 0 Å². The predicted octanol–water partition coefficient (Wildman–Crippen LogP) is 1.93. The van der Waals surface area contributed by atoms with Crippen molar-refractivity contribution in [2.24, 2.45) is 0 Å². The molecule has 2 N–H and O–H groups in total. The van der Waals surface area contributed by atoms with Gasteiger partial charge in [-0.05, 0) is 55.4 Å². The van der Waals surface area contributed by atoms with Crippen molar-refractivity contribution in [3.8, 4) is 0 Å². The van der Waals surface area contributed by atoms with E-state index in [1.807, 2.05) is 6.07 Å². The number of amides is 1. The molecule has 0 radical (unpaired) electrons. The number of hydrogen-bond acceptors (Lipinski definition) is 3. The summed E-state index contributed by atoms with van der Waals surface area (Å²) in [6.45, 7) is 4.20. The van der Waals surface area contributed by atoms with Crippen LogP contribution in [0, 0.1) is 0 Å². The van der Waals surface area contributed by atoms with Gasteiger partial charge >= 0.3 is 0 Å². The highest BCUT2D eigenvalue weighted by Gasteiger charge is 2.17. The molecule has 1 aliphatic rings. The molecule has 6 heteroatoms. The molecule has 5 nitrogen and oxygen atoms in total. The second kappa shape index (κ2) is 8.26. The molecule has 1 amide bonds. The van der Waals surface area contributed by atoms with Crippen LogP contribution in [0.3, 0.4) is 0 Å². The average Bonchev–Trinajstić information content (AvgIpc) is 2.56. The highest BCUT2D eigenvalue weighted by Crippen LogP contribution is 2.23. The number of benzene rings is 1. The van der Waals surface area contributed by atoms with E-state index in [-0.39, 0.29) is 12.5 Å². The molecule has 2 rings (SSSR count). The fraction of sp³-hybridized carbons (Fsp3) is 0.471. The minimum atomic E-state index is -3.51. The first-order valence-corrected chi connectivity index (χ1v) is 9.50. The molecule has 0 saturated carbocycles. The number of hydrogen-bond donors (Lipinski definition) is 2. The van der Waals surface area contributed by atoms with Gasteiger partial charge in [0.1, 0.15) is 0 Å². The lowest BCUT2D eigenvalue weighted by atomic mass is 9.92. The first-order chi connectivity index (χ1) is 11.0. The Kier molecular flexibility index (Phi) is 6.36. The quantitative estimate of drug-likeness (QED) is 0.562. The summed E-state index contributed by atoms with van der Waals surface area (Å²) < 4.78 is 27.2. The zero-order valence-corrected chi connectivity index (χ0v) is 14.1. The van der Waals surface area contributed by atoms with Crippen molar-refractivity contribution in [2.75, 3.05) is 13.1 Å². The molecule has 0 unspecified atom stereocenters. The van der Waals surface area contributed by atoms with E-state index in [0.29, 0.717) is 24.3 Å². The molecule has 126 valence electrons. The largest absolute Gasteiger partial charge is 0.353 e. The van der Waals surface area contributed by atoms with Crippen LogP contribution in [-0.2, 0) is 27.7 Å². The summed E-state index contributed by atoms with van der Waals surface area (Å²) in [5.74, 6) is -0.0992. The third-order valence-corrected chi connectivity index (χ3v) is 5.41. The second-order valence-electron chi connectivity index (χ2n) is 5.73. The molecule has 1 aromatic carbocycles. The topological polar surface area (TPSA) is 75.3 Å². The van der Waals surface area contributed by atoms with Gasteiger partial charge in [0.25, 0.3) is 0 Å². The Morgan fingerprint density at radius 3 is 2.70 bits per heavy atom. The summed E-state index contributed by atoms with van der Waals surface area (Å²) in [4.78, 5) is 11.7. The van der Waals surface area contributed by atoms with Gasteiger partial charge in [-0.15, -0.1) is 6.58 Å². The Bertz CT molecular complexity index is 668. The number of aryl methyl sites for hydroxylation is 2. The molecule has 0 heterocycles. The summed E-state index contributed by atoms with van der Waals surface area (Å²) in [6.07, 6.45) is 6.63. The highest BCUT2D eigenvalue weighted by atomic mass is 32.2. The number of fused-ring (bicyclic) bond motifs is 1. The standard InChI is InChI=1S/C17H24N2O3S/c1-2-11-18-17(20)8-5-12-19-23(21,22)16-10-9-14-6-3-4-7-15(14)13-16/h2,9-10,13,19H,1,3-8,11-12H2,(H,18,20). The van der Waals surface area contributed by atoms with Gasteiger partial charge in [-0.25, -0.2) is 13.1 Å². The van der Waals surface area contributed by atoms with Crippen LogP contribution in [0.5, 0.6) is 0 Å². The van der Waals surface area contributed by atoms with Gasteiger partial charge in [0.2, 0.25) is 15.9 Å². The van der Waals surface area contributed by atoms with E-state index in [2.05, 4.69) is 16.6 Å². The Morgan fingerprint density at radius 1 is 1.22 bits per heavy atom. The Balaban J connectivity index is 1.87. The van der Waals surface area contributed by atoms with Crippen LogP contribution in [0.2, 0.25) is 0 Å². The van der Waals surface area contributed by atoms with Crippen LogP contribution < -0.4 is 10.0 Å². The van der Waals surface area contributed by atoms with Crippen LogP contribution in [0.4, 0.5) is 0 Å². The first-order valence-electron chi connectivity index (χ1n) is 8.02. The van der Waals surface area contributed by atoms with Crippen molar-refractivity contribution in [3.63, 3.8) is 0 Å². The molecule has 0 bridgehead atoms. The summed E-state index contributed by atoms with van der Waals surface area (Å²) in [5.41, 5.74) is 2.40. The average molecular weight is 336 g/mol. The van der Waals surface area contributed by atoms with Crippen molar-refractivity contribution in [1.29, 1.82) is 0 Å². The van der Waals surface area contributed by atoms with Crippen LogP contribution in [0.15, 0.2) is 35.7 Å². The van der Waals surface area contributed by atoms with Crippen molar-refractivity contribution in [3.05, 3.63) is 42.0 Å². The Morgan fingerprint density at radius 2 is 1.96 bits per heavy atom. The summed E-state index contributed by atoms with van der Waals surface area (Å²) >= 11 is 0. The highest BCUT2D eigenvalue weighted by molar-refractivity contribution is 7.89. The van der Waals surface area contributed by atoms with Gasteiger partial charge in [-0.1, -0.05) is 12.1 Å². The van der Waals surface area contributed by atoms with E-state index < -0.39 is 10.0 Å². The first kappa shape index (κ1) is 17.7. The van der Waals surface area contributed by atoms with Crippen molar-refractivity contribution < 1.29 is 13.2 Å². The molecule has 0 saturated heterocycles. The molecule has 1 aliphatic carbocycles. The SMILES string of the molecule is C=CCNC(=O)CCCNS(=O)(=O)c1ccc2c(c1)CCCC2. The molecule has 0 aromatic heterocycles. The minimum Gasteiger partial charge on any atom is -0.353 e. The van der Waals surface area contributed by atoms with Gasteiger partial charge in [0.05, 0.1) is 4.90 Å². The molecule has 0 aliphatic heterocycles. The van der Waals surface area contributed by atoms with Gasteiger partial charge in [0, 0.05) is 19.5 Å². The van der Waals surface area contributed by atoms with E-state index in [0.717, 1.165) is 24.8 Å². The fourth-order valence-corrected chi connectivity index (χ4v) is 3.81. The zero-order chi connectivity index (χ0) is 16.7. The lowest BCUT2D eigenvalue weighted by Gasteiger charge is -2.16. The molecular formula is C17H24N2O3S. The third kappa shape index (κ3) is 5.18. The maximum absolute atomic E-state index is 12.3. The number of carbonyl (C=O) groups excluding carboxylic acids is 1. The summed E-state index contributed by atoms with van der Waals surface area (Å²) in [7, 11) is -3.51. The molecule has 0 spiro atoms. The molecule has 0 atom stereocenters. The lowest BCUT2D eigenvalue weighted by Crippen LogP contribution is -2.27. The lowest BCUT2D eigenvalue weighted by molar-refractivity contribution is -0.120. The summed E-state index contributed by atoms with van der Waals surface area (Å²) in [6, 6.07) is 5.38. The smallest absolute Gasteiger partial charge is 0.240 e. The maximum Gasteiger partial charge on any atom is 0.240 e. The molecule has 1 aromatic rings. The summed E-state index contributed by atoms with van der Waals surface area (Å²) in [5, 5.41) is 2.66. The Labute approximate surface area is 138 Å². The van der Waals surface area contributed by atoms with Gasteiger partial charge in [-0.2, -0.15) is 0 Å². The molecule has 23 heavy (non-hydrogen) atoms. The van der Waals surface area contributed by atoms with E-state index in [4.69, 9.17) is 0 Å². The van der Waals surface area contributed by atoms with E-state index in [1.165, 1.54) is 12.0 Å².